The number of rotatable bonds is 5. The minimum absolute atomic E-state index is 0.170. The molecule has 0 saturated heterocycles. The van der Waals surface area contributed by atoms with Crippen LogP contribution in [0.3, 0.4) is 0 Å². The molecule has 0 bridgehead atoms. The summed E-state index contributed by atoms with van der Waals surface area (Å²) < 4.78 is 9.46. The second-order valence-electron chi connectivity index (χ2n) is 3.85. The maximum absolute atomic E-state index is 11.1. The largest absolute Gasteiger partial charge is 0.513 e. The number of nitrogens with one attached hydrogen (secondary N) is 1. The fourth-order valence-corrected chi connectivity index (χ4v) is 2.46. The highest BCUT2D eigenvalue weighted by molar-refractivity contribution is 7.98. The maximum atomic E-state index is 11.1. The van der Waals surface area contributed by atoms with Crippen LogP contribution in [0.25, 0.3) is 10.9 Å². The van der Waals surface area contributed by atoms with Crippen LogP contribution >= 0.6 is 11.8 Å². The van der Waals surface area contributed by atoms with E-state index in [9.17, 15) is 4.79 Å². The average Bonchev–Trinajstić information content (AvgIpc) is 2.82. The molecule has 0 spiro atoms. The van der Waals surface area contributed by atoms with Gasteiger partial charge in [0.1, 0.15) is 5.75 Å². The summed E-state index contributed by atoms with van der Waals surface area (Å²) in [6, 6.07) is 5.37. The van der Waals surface area contributed by atoms with Gasteiger partial charge in [0, 0.05) is 28.6 Å². The molecule has 5 nitrogen and oxygen atoms in total. The summed E-state index contributed by atoms with van der Waals surface area (Å²) in [5.74, 6) is 1.94. The van der Waals surface area contributed by atoms with Gasteiger partial charge in [0.2, 0.25) is 0 Å². The van der Waals surface area contributed by atoms with Gasteiger partial charge in [-0.05, 0) is 23.8 Å². The second kappa shape index (κ2) is 6.49. The first-order valence-corrected chi connectivity index (χ1v) is 6.94. The van der Waals surface area contributed by atoms with Crippen LogP contribution in [0, 0.1) is 0 Å². The van der Waals surface area contributed by atoms with E-state index >= 15 is 0 Å². The first kappa shape index (κ1) is 13.8. The molecule has 1 aromatic heterocycles. The Hall–Kier alpha value is -1.66. The normalized spacial score (nSPS) is 10.6. The van der Waals surface area contributed by atoms with Crippen molar-refractivity contribution in [2.45, 2.75) is 5.75 Å². The van der Waals surface area contributed by atoms with Gasteiger partial charge in [-0.2, -0.15) is 11.8 Å². The fourth-order valence-electron chi connectivity index (χ4n) is 1.72. The van der Waals surface area contributed by atoms with Crippen molar-refractivity contribution in [3.05, 3.63) is 30.0 Å². The number of benzene rings is 1. The van der Waals surface area contributed by atoms with Gasteiger partial charge in [-0.25, -0.2) is 4.79 Å². The lowest BCUT2D eigenvalue weighted by atomic mass is 10.2. The molecular formula is C13H15NO4S. The van der Waals surface area contributed by atoms with Crippen LogP contribution in [0.15, 0.2) is 24.4 Å². The Morgan fingerprint density at radius 1 is 1.47 bits per heavy atom. The zero-order chi connectivity index (χ0) is 13.7. The molecule has 0 atom stereocenters. The third-order valence-corrected chi connectivity index (χ3v) is 3.59. The van der Waals surface area contributed by atoms with E-state index in [-0.39, 0.29) is 6.61 Å². The molecule has 19 heavy (non-hydrogen) atoms. The summed E-state index contributed by atoms with van der Waals surface area (Å²) in [4.78, 5) is 14.2. The standard InChI is InChI=1S/C13H15NO4S/c1-17-13(16)18-10-2-3-12-11(6-10)9(7-14-12)8-19-5-4-15/h2-3,6-7,14-15H,4-5,8H2,1H3. The van der Waals surface area contributed by atoms with E-state index in [1.165, 1.54) is 7.11 Å². The lowest BCUT2D eigenvalue weighted by molar-refractivity contribution is 0.121. The Morgan fingerprint density at radius 3 is 3.05 bits per heavy atom. The van der Waals surface area contributed by atoms with E-state index in [1.807, 2.05) is 12.3 Å². The van der Waals surface area contributed by atoms with Crippen molar-refractivity contribution in [2.24, 2.45) is 0 Å². The van der Waals surface area contributed by atoms with Crippen molar-refractivity contribution in [3.8, 4) is 5.75 Å². The molecule has 0 unspecified atom stereocenters. The topological polar surface area (TPSA) is 71.5 Å². The van der Waals surface area contributed by atoms with Gasteiger partial charge in [0.05, 0.1) is 13.7 Å². The van der Waals surface area contributed by atoms with Crippen molar-refractivity contribution < 1.29 is 19.4 Å². The van der Waals surface area contributed by atoms with E-state index in [4.69, 9.17) is 9.84 Å². The number of fused-ring (bicyclic) bond motifs is 1. The third-order valence-electron chi connectivity index (χ3n) is 2.60. The minimum Gasteiger partial charge on any atom is -0.437 e. The monoisotopic (exact) mass is 281 g/mol. The van der Waals surface area contributed by atoms with Gasteiger partial charge in [-0.3, -0.25) is 0 Å². The fraction of sp³-hybridized carbons (Fsp3) is 0.308. The molecule has 0 aliphatic rings. The Morgan fingerprint density at radius 2 is 2.32 bits per heavy atom. The van der Waals surface area contributed by atoms with E-state index < -0.39 is 6.16 Å². The summed E-state index contributed by atoms with van der Waals surface area (Å²) in [6.45, 7) is 0.170. The number of hydrogen-bond donors (Lipinski definition) is 2. The SMILES string of the molecule is COC(=O)Oc1ccc2[nH]cc(CSCCO)c2c1. The van der Waals surface area contributed by atoms with Crippen LogP contribution in [0.1, 0.15) is 5.56 Å². The summed E-state index contributed by atoms with van der Waals surface area (Å²) >= 11 is 1.65. The molecule has 0 aliphatic heterocycles. The first-order chi connectivity index (χ1) is 9.24. The molecule has 0 fully saturated rings. The number of thioether (sulfide) groups is 1. The number of hydrogen-bond acceptors (Lipinski definition) is 5. The zero-order valence-corrected chi connectivity index (χ0v) is 11.3. The van der Waals surface area contributed by atoms with Crippen LogP contribution in [0.4, 0.5) is 4.79 Å². The van der Waals surface area contributed by atoms with Crippen molar-refractivity contribution >= 4 is 28.8 Å². The molecule has 0 saturated carbocycles. The van der Waals surface area contributed by atoms with E-state index in [0.29, 0.717) is 11.5 Å². The quantitative estimate of drug-likeness (QED) is 0.500. The number of aromatic nitrogens is 1. The molecular weight excluding hydrogens is 266 g/mol. The lowest BCUT2D eigenvalue weighted by Gasteiger charge is -2.03. The first-order valence-electron chi connectivity index (χ1n) is 5.79. The number of carbonyl (C=O) groups excluding carboxylic acids is 1. The van der Waals surface area contributed by atoms with E-state index in [2.05, 4.69) is 9.72 Å². The summed E-state index contributed by atoms with van der Waals surface area (Å²) in [5.41, 5.74) is 2.10. The second-order valence-corrected chi connectivity index (χ2v) is 4.96. The predicted molar refractivity (Wildman–Crippen MR) is 74.6 cm³/mol. The lowest BCUT2D eigenvalue weighted by Crippen LogP contribution is -2.06. The van der Waals surface area contributed by atoms with Crippen molar-refractivity contribution in [1.82, 2.24) is 4.98 Å². The number of carbonyl (C=O) groups is 1. The van der Waals surface area contributed by atoms with Crippen LogP contribution < -0.4 is 4.74 Å². The molecule has 6 heteroatoms. The van der Waals surface area contributed by atoms with Gasteiger partial charge >= 0.3 is 6.16 Å². The summed E-state index contributed by atoms with van der Waals surface area (Å²) in [7, 11) is 1.27. The van der Waals surface area contributed by atoms with Gasteiger partial charge < -0.3 is 19.6 Å². The predicted octanol–water partition coefficient (Wildman–Crippen LogP) is 2.54. The summed E-state index contributed by atoms with van der Waals surface area (Å²) in [6.07, 6.45) is 1.20. The van der Waals surface area contributed by atoms with Gasteiger partial charge in [0.15, 0.2) is 0 Å². The van der Waals surface area contributed by atoms with Crippen LogP contribution in [-0.2, 0) is 10.5 Å². The van der Waals surface area contributed by atoms with E-state index in [1.54, 1.807) is 23.9 Å². The molecule has 1 heterocycles. The molecule has 0 radical (unpaired) electrons. The number of ether oxygens (including phenoxy) is 2. The minimum atomic E-state index is -0.730. The Balaban J connectivity index is 2.19. The van der Waals surface area contributed by atoms with Crippen LogP contribution in [0.5, 0.6) is 5.75 Å². The Labute approximate surface area is 114 Å². The average molecular weight is 281 g/mol. The molecule has 0 amide bonds. The molecule has 2 N–H and O–H groups in total. The van der Waals surface area contributed by atoms with Gasteiger partial charge in [-0.15, -0.1) is 0 Å². The highest BCUT2D eigenvalue weighted by Gasteiger charge is 2.08. The number of H-pyrrole nitrogens is 1. The Bertz CT molecular complexity index is 567. The van der Waals surface area contributed by atoms with Crippen molar-refractivity contribution in [2.75, 3.05) is 19.5 Å². The molecule has 0 aliphatic carbocycles. The number of methoxy groups -OCH3 is 1. The number of aliphatic hydroxyl groups excluding tert-OH is 1. The van der Waals surface area contributed by atoms with Gasteiger partial charge in [0.25, 0.3) is 0 Å². The van der Waals surface area contributed by atoms with Crippen LogP contribution in [-0.4, -0.2) is 35.7 Å². The number of aliphatic hydroxyl groups is 1. The third kappa shape index (κ3) is 3.42. The van der Waals surface area contributed by atoms with Gasteiger partial charge in [-0.1, -0.05) is 0 Å². The highest BCUT2D eigenvalue weighted by Crippen LogP contribution is 2.26. The van der Waals surface area contributed by atoms with E-state index in [0.717, 1.165) is 22.2 Å². The Kier molecular flexibility index (Phi) is 4.70. The highest BCUT2D eigenvalue weighted by atomic mass is 32.2. The summed E-state index contributed by atoms with van der Waals surface area (Å²) in [5, 5.41) is 9.78. The molecule has 1 aromatic carbocycles. The van der Waals surface area contributed by atoms with Crippen LogP contribution in [0.2, 0.25) is 0 Å². The van der Waals surface area contributed by atoms with Crippen molar-refractivity contribution in [3.63, 3.8) is 0 Å². The molecule has 102 valence electrons. The molecule has 2 rings (SSSR count). The number of aromatic amines is 1. The van der Waals surface area contributed by atoms with Crippen molar-refractivity contribution in [1.29, 1.82) is 0 Å². The zero-order valence-electron chi connectivity index (χ0n) is 10.5. The maximum Gasteiger partial charge on any atom is 0.513 e. The molecule has 2 aromatic rings. The smallest absolute Gasteiger partial charge is 0.437 e.